The Bertz CT molecular complexity index is 604. The van der Waals surface area contributed by atoms with E-state index < -0.39 is 10.0 Å². The van der Waals surface area contributed by atoms with Crippen molar-refractivity contribution in [3.8, 4) is 0 Å². The van der Waals surface area contributed by atoms with Crippen LogP contribution in [0.4, 0.5) is 5.69 Å². The summed E-state index contributed by atoms with van der Waals surface area (Å²) < 4.78 is 24.6. The molecule has 3 heterocycles. The van der Waals surface area contributed by atoms with Crippen molar-refractivity contribution in [3.63, 3.8) is 0 Å². The molecule has 0 fully saturated rings. The van der Waals surface area contributed by atoms with E-state index in [1.54, 1.807) is 29.0 Å². The van der Waals surface area contributed by atoms with Crippen LogP contribution in [0.15, 0.2) is 29.8 Å². The van der Waals surface area contributed by atoms with Gasteiger partial charge in [0, 0.05) is 12.1 Å². The summed E-state index contributed by atoms with van der Waals surface area (Å²) in [6.45, 7) is 4.36. The lowest BCUT2D eigenvalue weighted by Crippen LogP contribution is -2.11. The van der Waals surface area contributed by atoms with Gasteiger partial charge in [-0.2, -0.15) is 0 Å². The number of benzene rings is 1. The van der Waals surface area contributed by atoms with E-state index in [0.29, 0.717) is 11.6 Å². The summed E-state index contributed by atoms with van der Waals surface area (Å²) in [6, 6.07) is 7.15. The van der Waals surface area contributed by atoms with Crippen LogP contribution in [0.2, 0.25) is 0 Å². The van der Waals surface area contributed by atoms with Crippen molar-refractivity contribution in [1.29, 1.82) is 0 Å². The molecule has 0 saturated heterocycles. The van der Waals surface area contributed by atoms with Crippen LogP contribution in [0.3, 0.4) is 0 Å². The lowest BCUT2D eigenvalue weighted by atomic mass is 10.1. The average molecular weight is 311 g/mol. The molecule has 1 aromatic carbocycles. The zero-order valence-corrected chi connectivity index (χ0v) is 13.0. The molecule has 0 amide bonds. The third kappa shape index (κ3) is 4.57. The summed E-state index contributed by atoms with van der Waals surface area (Å²) >= 11 is 1.63. The van der Waals surface area contributed by atoms with Crippen LogP contribution in [0.1, 0.15) is 24.4 Å². The zero-order valence-electron chi connectivity index (χ0n) is 11.4. The van der Waals surface area contributed by atoms with Gasteiger partial charge in [0.1, 0.15) is 10.5 Å². The molecule has 0 aliphatic carbocycles. The highest BCUT2D eigenvalue weighted by atomic mass is 32.2. The van der Waals surface area contributed by atoms with Gasteiger partial charge in [0.25, 0.3) is 0 Å². The number of aromatic nitrogens is 2. The number of nitrogens with one attached hydrogen (secondary N) is 1. The molecule has 5 nitrogen and oxygen atoms in total. The van der Waals surface area contributed by atoms with E-state index in [1.165, 1.54) is 0 Å². The Morgan fingerprint density at radius 3 is 2.55 bits per heavy atom. The molecule has 1 aromatic heterocycles. The zero-order chi connectivity index (χ0) is 14.6. The highest BCUT2D eigenvalue weighted by Gasteiger charge is 2.15. The van der Waals surface area contributed by atoms with Crippen LogP contribution in [-0.4, -0.2) is 18.6 Å². The second-order valence-electron chi connectivity index (χ2n) is 4.99. The van der Waals surface area contributed by atoms with Crippen LogP contribution in [-0.2, 0) is 22.2 Å². The van der Waals surface area contributed by atoms with Gasteiger partial charge in [-0.1, -0.05) is 26.0 Å². The fourth-order valence-electron chi connectivity index (χ4n) is 1.74. The number of rotatable bonds is 2. The predicted octanol–water partition coefficient (Wildman–Crippen LogP) is 2.68. The van der Waals surface area contributed by atoms with Gasteiger partial charge in [-0.05, 0) is 23.6 Å². The topological polar surface area (TPSA) is 72.0 Å². The van der Waals surface area contributed by atoms with Crippen molar-refractivity contribution >= 4 is 27.0 Å². The van der Waals surface area contributed by atoms with Crippen molar-refractivity contribution in [1.82, 2.24) is 10.2 Å². The Balaban J connectivity index is 0.000000151. The fraction of sp³-hybridized carbons (Fsp3) is 0.385. The molecule has 108 valence electrons. The maximum Gasteiger partial charge on any atom is 0.236 e. The van der Waals surface area contributed by atoms with Gasteiger partial charge < -0.3 is 0 Å². The molecule has 20 heavy (non-hydrogen) atoms. The molecular weight excluding hydrogens is 294 g/mol. The summed E-state index contributed by atoms with van der Waals surface area (Å²) in [5.41, 5.74) is 3.25. The first-order valence-electron chi connectivity index (χ1n) is 6.29. The van der Waals surface area contributed by atoms with E-state index in [0.717, 1.165) is 17.0 Å². The molecule has 2 aliphatic rings. The first-order chi connectivity index (χ1) is 9.44. The first kappa shape index (κ1) is 14.9. The van der Waals surface area contributed by atoms with E-state index in [9.17, 15) is 8.42 Å². The summed E-state index contributed by atoms with van der Waals surface area (Å²) in [7, 11) is -3.10. The molecule has 0 radical (unpaired) electrons. The second kappa shape index (κ2) is 6.32. The van der Waals surface area contributed by atoms with Crippen molar-refractivity contribution in [3.05, 3.63) is 40.3 Å². The van der Waals surface area contributed by atoms with Gasteiger partial charge in [-0.3, -0.25) is 4.72 Å². The Labute approximate surface area is 123 Å². The van der Waals surface area contributed by atoms with E-state index in [2.05, 4.69) is 28.8 Å². The number of fused-ring (bicyclic) bond motifs is 4. The molecule has 0 atom stereocenters. The van der Waals surface area contributed by atoms with Crippen molar-refractivity contribution in [2.45, 2.75) is 26.0 Å². The van der Waals surface area contributed by atoms with Gasteiger partial charge >= 0.3 is 0 Å². The highest BCUT2D eigenvalue weighted by Crippen LogP contribution is 2.18. The monoisotopic (exact) mass is 311 g/mol. The van der Waals surface area contributed by atoms with Crippen LogP contribution >= 0.6 is 11.3 Å². The third-order valence-electron chi connectivity index (χ3n) is 2.57. The smallest absolute Gasteiger partial charge is 0.236 e. The van der Waals surface area contributed by atoms with Crippen molar-refractivity contribution < 1.29 is 8.42 Å². The second-order valence-corrected chi connectivity index (χ2v) is 7.63. The molecule has 0 unspecified atom stereocenters. The molecule has 2 aliphatic heterocycles. The minimum absolute atomic E-state index is 0.0868. The standard InChI is InChI=1S/C7H7NO2S.C6H10N2S/c9-11(10)5-6-1-3-7(8-11)4-2-6;1-5(2)3-6-8-7-4-9-6/h1-4,8H,5H2;4-5H,3H2,1-2H3. The van der Waals surface area contributed by atoms with Crippen LogP contribution in [0, 0.1) is 5.92 Å². The summed E-state index contributed by atoms with van der Waals surface area (Å²) in [5.74, 6) is 0.779. The van der Waals surface area contributed by atoms with Crippen molar-refractivity contribution in [2.24, 2.45) is 5.92 Å². The van der Waals surface area contributed by atoms with Gasteiger partial charge in [0.15, 0.2) is 0 Å². The quantitative estimate of drug-likeness (QED) is 0.925. The maximum absolute atomic E-state index is 11.1. The minimum atomic E-state index is -3.10. The normalized spacial score (nSPS) is 15.2. The maximum atomic E-state index is 11.1. The Kier molecular flexibility index (Phi) is 4.72. The molecular formula is C13H17N3O2S2. The van der Waals surface area contributed by atoms with E-state index in [1.807, 2.05) is 12.1 Å². The summed E-state index contributed by atoms with van der Waals surface area (Å²) in [5, 5.41) is 8.81. The van der Waals surface area contributed by atoms with Gasteiger partial charge in [0.05, 0.1) is 5.75 Å². The van der Waals surface area contributed by atoms with E-state index >= 15 is 0 Å². The SMILES string of the molecule is CC(C)Cc1nncs1.O=S1(=O)Cc2ccc(cc2)N1. The largest absolute Gasteiger partial charge is 0.283 e. The molecule has 0 saturated carbocycles. The molecule has 1 N–H and O–H groups in total. The van der Waals surface area contributed by atoms with Gasteiger partial charge in [-0.25, -0.2) is 8.42 Å². The number of anilines is 1. The molecule has 2 aromatic rings. The lowest BCUT2D eigenvalue weighted by Gasteiger charge is -1.99. The molecule has 4 rings (SSSR count). The summed E-state index contributed by atoms with van der Waals surface area (Å²) in [4.78, 5) is 0. The van der Waals surface area contributed by atoms with Gasteiger partial charge in [-0.15, -0.1) is 21.5 Å². The molecule has 2 bridgehead atoms. The minimum Gasteiger partial charge on any atom is -0.283 e. The van der Waals surface area contributed by atoms with Crippen LogP contribution < -0.4 is 4.72 Å². The van der Waals surface area contributed by atoms with E-state index in [-0.39, 0.29) is 5.75 Å². The average Bonchev–Trinajstić information content (AvgIpc) is 2.73. The molecule has 7 heteroatoms. The van der Waals surface area contributed by atoms with Crippen molar-refractivity contribution in [2.75, 3.05) is 4.72 Å². The number of sulfonamides is 1. The Hall–Kier alpha value is -1.47. The number of hydrogen-bond acceptors (Lipinski definition) is 5. The summed E-state index contributed by atoms with van der Waals surface area (Å²) in [6.07, 6.45) is 1.06. The van der Waals surface area contributed by atoms with Crippen LogP contribution in [0.25, 0.3) is 0 Å². The first-order valence-corrected chi connectivity index (χ1v) is 8.82. The number of hydrogen-bond donors (Lipinski definition) is 1. The van der Waals surface area contributed by atoms with E-state index in [4.69, 9.17) is 0 Å². The van der Waals surface area contributed by atoms with Gasteiger partial charge in [0.2, 0.25) is 10.0 Å². The fourth-order valence-corrected chi connectivity index (χ4v) is 3.68. The Morgan fingerprint density at radius 2 is 2.00 bits per heavy atom. The highest BCUT2D eigenvalue weighted by molar-refractivity contribution is 7.91. The number of nitrogens with zero attached hydrogens (tertiary/aromatic N) is 2. The predicted molar refractivity (Wildman–Crippen MR) is 81.1 cm³/mol. The molecule has 0 spiro atoms. The lowest BCUT2D eigenvalue weighted by molar-refractivity contribution is 0.601. The third-order valence-corrected chi connectivity index (χ3v) is 4.55. The van der Waals surface area contributed by atoms with Crippen LogP contribution in [0.5, 0.6) is 0 Å². The Morgan fingerprint density at radius 1 is 1.30 bits per heavy atom.